The van der Waals surface area contributed by atoms with Crippen LogP contribution in [0, 0.1) is 0 Å². The van der Waals surface area contributed by atoms with Crippen LogP contribution in [0.3, 0.4) is 0 Å². The van der Waals surface area contributed by atoms with Crippen molar-refractivity contribution in [2.24, 2.45) is 0 Å². The highest BCUT2D eigenvalue weighted by Crippen LogP contribution is 2.24. The SMILES string of the molecule is CCC(NC(=O)C(C)N(c1ccc(Cl)cc1)S(C)(=O)=O)c1ccccc1. The van der Waals surface area contributed by atoms with Crippen molar-refractivity contribution in [3.05, 3.63) is 65.2 Å². The van der Waals surface area contributed by atoms with E-state index in [-0.39, 0.29) is 11.9 Å². The zero-order chi connectivity index (χ0) is 19.3. The Morgan fingerprint density at radius 1 is 1.12 bits per heavy atom. The number of rotatable bonds is 7. The quantitative estimate of drug-likeness (QED) is 0.777. The minimum Gasteiger partial charge on any atom is -0.347 e. The normalized spacial score (nSPS) is 13.7. The minimum atomic E-state index is -3.65. The first-order valence-corrected chi connectivity index (χ1v) is 10.6. The molecule has 0 bridgehead atoms. The van der Waals surface area contributed by atoms with Crippen molar-refractivity contribution in [1.29, 1.82) is 0 Å². The fourth-order valence-electron chi connectivity index (χ4n) is 2.80. The van der Waals surface area contributed by atoms with Gasteiger partial charge in [-0.25, -0.2) is 8.42 Å². The van der Waals surface area contributed by atoms with E-state index in [4.69, 9.17) is 11.6 Å². The number of sulfonamides is 1. The van der Waals surface area contributed by atoms with Crippen molar-refractivity contribution >= 4 is 33.2 Å². The summed E-state index contributed by atoms with van der Waals surface area (Å²) in [6.07, 6.45) is 1.78. The fourth-order valence-corrected chi connectivity index (χ4v) is 4.10. The van der Waals surface area contributed by atoms with Gasteiger partial charge in [-0.3, -0.25) is 9.10 Å². The van der Waals surface area contributed by atoms with E-state index in [9.17, 15) is 13.2 Å². The second-order valence-corrected chi connectivity index (χ2v) is 8.39. The van der Waals surface area contributed by atoms with Gasteiger partial charge in [0.1, 0.15) is 6.04 Å². The summed E-state index contributed by atoms with van der Waals surface area (Å²) in [5.74, 6) is -0.360. The van der Waals surface area contributed by atoms with Crippen LogP contribution in [-0.4, -0.2) is 26.6 Å². The lowest BCUT2D eigenvalue weighted by atomic mass is 10.0. The predicted octanol–water partition coefficient (Wildman–Crippen LogP) is 3.76. The number of hydrogen-bond acceptors (Lipinski definition) is 3. The Morgan fingerprint density at radius 2 is 1.69 bits per heavy atom. The maximum atomic E-state index is 12.8. The maximum Gasteiger partial charge on any atom is 0.244 e. The van der Waals surface area contributed by atoms with Gasteiger partial charge in [-0.1, -0.05) is 48.9 Å². The Labute approximate surface area is 160 Å². The van der Waals surface area contributed by atoms with Gasteiger partial charge in [0.2, 0.25) is 15.9 Å². The average Bonchev–Trinajstić information content (AvgIpc) is 2.60. The highest BCUT2D eigenvalue weighted by atomic mass is 35.5. The molecule has 2 atom stereocenters. The van der Waals surface area contributed by atoms with Crippen LogP contribution in [0.5, 0.6) is 0 Å². The predicted molar refractivity (Wildman–Crippen MR) is 106 cm³/mol. The summed E-state index contributed by atoms with van der Waals surface area (Å²) in [7, 11) is -3.65. The van der Waals surface area contributed by atoms with Crippen LogP contribution in [0.25, 0.3) is 0 Å². The van der Waals surface area contributed by atoms with E-state index >= 15 is 0 Å². The lowest BCUT2D eigenvalue weighted by Crippen LogP contribution is -2.48. The summed E-state index contributed by atoms with van der Waals surface area (Å²) in [5.41, 5.74) is 1.38. The number of anilines is 1. The highest BCUT2D eigenvalue weighted by Gasteiger charge is 2.30. The third-order valence-electron chi connectivity index (χ3n) is 4.10. The fraction of sp³-hybridized carbons (Fsp3) is 0.316. The van der Waals surface area contributed by atoms with E-state index < -0.39 is 16.1 Å². The van der Waals surface area contributed by atoms with Crippen LogP contribution in [0.2, 0.25) is 5.02 Å². The highest BCUT2D eigenvalue weighted by molar-refractivity contribution is 7.92. The van der Waals surface area contributed by atoms with E-state index in [0.717, 1.165) is 16.1 Å². The first kappa shape index (κ1) is 20.3. The summed E-state index contributed by atoms with van der Waals surface area (Å²) in [5, 5.41) is 3.44. The zero-order valence-corrected chi connectivity index (χ0v) is 16.6. The molecule has 2 aromatic carbocycles. The molecule has 0 spiro atoms. The Balaban J connectivity index is 2.26. The smallest absolute Gasteiger partial charge is 0.244 e. The second-order valence-electron chi connectivity index (χ2n) is 6.09. The van der Waals surface area contributed by atoms with E-state index in [1.54, 1.807) is 31.2 Å². The van der Waals surface area contributed by atoms with Gasteiger partial charge in [0.05, 0.1) is 18.0 Å². The number of nitrogens with one attached hydrogen (secondary N) is 1. The largest absolute Gasteiger partial charge is 0.347 e. The molecule has 0 radical (unpaired) electrons. The molecule has 2 rings (SSSR count). The van der Waals surface area contributed by atoms with Gasteiger partial charge < -0.3 is 5.32 Å². The molecular formula is C19H23ClN2O3S. The number of amides is 1. The van der Waals surface area contributed by atoms with E-state index in [1.165, 1.54) is 0 Å². The van der Waals surface area contributed by atoms with Gasteiger partial charge >= 0.3 is 0 Å². The molecular weight excluding hydrogens is 372 g/mol. The van der Waals surface area contributed by atoms with Crippen molar-refractivity contribution in [1.82, 2.24) is 5.32 Å². The molecule has 1 N–H and O–H groups in total. The maximum absolute atomic E-state index is 12.8. The van der Waals surface area contributed by atoms with Crippen LogP contribution in [-0.2, 0) is 14.8 Å². The Kier molecular flexibility index (Phi) is 6.67. The molecule has 0 fully saturated rings. The average molecular weight is 395 g/mol. The van der Waals surface area contributed by atoms with E-state index in [2.05, 4.69) is 5.32 Å². The Hall–Kier alpha value is -2.05. The zero-order valence-electron chi connectivity index (χ0n) is 15.0. The van der Waals surface area contributed by atoms with E-state index in [0.29, 0.717) is 17.1 Å². The standard InChI is InChI=1S/C19H23ClN2O3S/c1-4-18(15-8-6-5-7-9-15)21-19(23)14(2)22(26(3,24)25)17-12-10-16(20)11-13-17/h5-14,18H,4H2,1-3H3,(H,21,23). The Morgan fingerprint density at radius 3 is 2.19 bits per heavy atom. The van der Waals surface area contributed by atoms with Gasteiger partial charge in [0, 0.05) is 5.02 Å². The molecule has 0 aromatic heterocycles. The van der Waals surface area contributed by atoms with Gasteiger partial charge in [-0.15, -0.1) is 0 Å². The topological polar surface area (TPSA) is 66.5 Å². The summed E-state index contributed by atoms with van der Waals surface area (Å²) in [4.78, 5) is 12.8. The third-order valence-corrected chi connectivity index (χ3v) is 5.59. The summed E-state index contributed by atoms with van der Waals surface area (Å²) in [6, 6.07) is 14.9. The van der Waals surface area contributed by atoms with Crippen molar-refractivity contribution in [2.45, 2.75) is 32.4 Å². The molecule has 140 valence electrons. The molecule has 7 heteroatoms. The molecule has 5 nitrogen and oxygen atoms in total. The van der Waals surface area contributed by atoms with Gasteiger partial charge in [-0.05, 0) is 43.2 Å². The summed E-state index contributed by atoms with van der Waals surface area (Å²) in [6.45, 7) is 3.54. The lowest BCUT2D eigenvalue weighted by Gasteiger charge is -2.29. The van der Waals surface area contributed by atoms with Crippen molar-refractivity contribution in [3.63, 3.8) is 0 Å². The van der Waals surface area contributed by atoms with Crippen molar-refractivity contribution < 1.29 is 13.2 Å². The number of carbonyl (C=O) groups excluding carboxylic acids is 1. The molecule has 0 saturated carbocycles. The van der Waals surface area contributed by atoms with Crippen LogP contribution in [0.4, 0.5) is 5.69 Å². The molecule has 0 aliphatic heterocycles. The monoisotopic (exact) mass is 394 g/mol. The molecule has 0 saturated heterocycles. The van der Waals surface area contributed by atoms with Gasteiger partial charge in [0.15, 0.2) is 0 Å². The molecule has 0 aliphatic carbocycles. The molecule has 26 heavy (non-hydrogen) atoms. The second kappa shape index (κ2) is 8.56. The molecule has 2 unspecified atom stereocenters. The minimum absolute atomic E-state index is 0.183. The van der Waals surface area contributed by atoms with Crippen molar-refractivity contribution in [3.8, 4) is 0 Å². The van der Waals surface area contributed by atoms with Gasteiger partial charge in [-0.2, -0.15) is 0 Å². The third kappa shape index (κ3) is 4.99. The van der Waals surface area contributed by atoms with Gasteiger partial charge in [0.25, 0.3) is 0 Å². The molecule has 0 aliphatic rings. The van der Waals surface area contributed by atoms with Crippen LogP contribution in [0.15, 0.2) is 54.6 Å². The number of benzene rings is 2. The number of halogens is 1. The number of carbonyl (C=O) groups is 1. The number of nitrogens with zero attached hydrogens (tertiary/aromatic N) is 1. The van der Waals surface area contributed by atoms with E-state index in [1.807, 2.05) is 37.3 Å². The van der Waals surface area contributed by atoms with Crippen LogP contribution < -0.4 is 9.62 Å². The Bertz CT molecular complexity index is 839. The molecule has 2 aromatic rings. The number of hydrogen-bond donors (Lipinski definition) is 1. The summed E-state index contributed by atoms with van der Waals surface area (Å²) < 4.78 is 25.7. The first-order valence-electron chi connectivity index (χ1n) is 8.34. The molecule has 0 heterocycles. The summed E-state index contributed by atoms with van der Waals surface area (Å²) >= 11 is 5.88. The molecule has 1 amide bonds. The van der Waals surface area contributed by atoms with Crippen LogP contribution >= 0.6 is 11.6 Å². The van der Waals surface area contributed by atoms with Crippen LogP contribution in [0.1, 0.15) is 31.9 Å². The lowest BCUT2D eigenvalue weighted by molar-refractivity contribution is -0.122. The van der Waals surface area contributed by atoms with Crippen molar-refractivity contribution in [2.75, 3.05) is 10.6 Å². The first-order chi connectivity index (χ1) is 12.2.